The molecule has 0 aromatic carbocycles. The van der Waals surface area contributed by atoms with Gasteiger partial charge in [0.2, 0.25) is 0 Å². The van der Waals surface area contributed by atoms with E-state index in [2.05, 4.69) is 0 Å². The fraction of sp³-hybridized carbons (Fsp3) is 0.538. The monoisotopic (exact) mass is 208 g/mol. The zero-order valence-electron chi connectivity index (χ0n) is 10.3. The molecule has 0 atom stereocenters. The number of rotatable bonds is 5. The number of hydrogen-bond acceptors (Lipinski definition) is 2. The van der Waals surface area contributed by atoms with E-state index in [4.69, 9.17) is 0 Å². The fourth-order valence-corrected chi connectivity index (χ4v) is 1.11. The third kappa shape index (κ3) is 6.83. The lowest BCUT2D eigenvalue weighted by molar-refractivity contribution is -0.117. The molecule has 0 N–H and O–H groups in total. The van der Waals surface area contributed by atoms with Crippen molar-refractivity contribution in [3.05, 3.63) is 23.3 Å². The van der Waals surface area contributed by atoms with Crippen LogP contribution in [0.4, 0.5) is 0 Å². The third-order valence-corrected chi connectivity index (χ3v) is 1.86. The number of hydrogen-bond donors (Lipinski definition) is 0. The van der Waals surface area contributed by atoms with Crippen molar-refractivity contribution in [1.29, 1.82) is 0 Å². The molecule has 0 spiro atoms. The summed E-state index contributed by atoms with van der Waals surface area (Å²) in [5.74, 6) is 0.135. The van der Waals surface area contributed by atoms with Crippen molar-refractivity contribution in [2.75, 3.05) is 0 Å². The molecular weight excluding hydrogens is 188 g/mol. The zero-order valence-corrected chi connectivity index (χ0v) is 10.3. The van der Waals surface area contributed by atoms with Crippen molar-refractivity contribution in [3.63, 3.8) is 0 Å². The summed E-state index contributed by atoms with van der Waals surface area (Å²) in [4.78, 5) is 22.7. The molecule has 0 amide bonds. The molecule has 0 unspecified atom stereocenters. The lowest BCUT2D eigenvalue weighted by atomic mass is 10.0. The molecule has 0 aliphatic heterocycles. The van der Waals surface area contributed by atoms with E-state index in [1.807, 2.05) is 34.6 Å². The van der Waals surface area contributed by atoms with Gasteiger partial charge in [-0.3, -0.25) is 9.59 Å². The van der Waals surface area contributed by atoms with Crippen LogP contribution in [-0.2, 0) is 9.59 Å². The van der Waals surface area contributed by atoms with Crippen molar-refractivity contribution >= 4 is 11.6 Å². The lowest BCUT2D eigenvalue weighted by Crippen LogP contribution is -2.04. The SMILES string of the molecule is CC(C)=CC(=O)CC(C)=CC(=O)C(C)C. The average molecular weight is 208 g/mol. The van der Waals surface area contributed by atoms with Crippen molar-refractivity contribution in [2.45, 2.75) is 41.0 Å². The quantitative estimate of drug-likeness (QED) is 0.651. The molecule has 15 heavy (non-hydrogen) atoms. The summed E-state index contributed by atoms with van der Waals surface area (Å²) in [7, 11) is 0. The first-order valence-corrected chi connectivity index (χ1v) is 5.21. The van der Waals surface area contributed by atoms with Gasteiger partial charge >= 0.3 is 0 Å². The molecule has 2 heteroatoms. The fourth-order valence-electron chi connectivity index (χ4n) is 1.11. The summed E-state index contributed by atoms with van der Waals surface area (Å²) in [6.45, 7) is 9.29. The standard InChI is InChI=1S/C13H20O2/c1-9(2)6-12(14)7-11(5)8-13(15)10(3)4/h6,8,10H,7H2,1-5H3. The van der Waals surface area contributed by atoms with Crippen LogP contribution in [0.2, 0.25) is 0 Å². The van der Waals surface area contributed by atoms with Gasteiger partial charge in [-0.2, -0.15) is 0 Å². The largest absolute Gasteiger partial charge is 0.295 e. The van der Waals surface area contributed by atoms with Crippen LogP contribution in [0.1, 0.15) is 41.0 Å². The first kappa shape index (κ1) is 13.8. The van der Waals surface area contributed by atoms with Gasteiger partial charge < -0.3 is 0 Å². The molecule has 0 saturated carbocycles. The third-order valence-electron chi connectivity index (χ3n) is 1.86. The van der Waals surface area contributed by atoms with E-state index in [0.717, 1.165) is 11.1 Å². The van der Waals surface area contributed by atoms with Gasteiger partial charge in [0.05, 0.1) is 0 Å². The van der Waals surface area contributed by atoms with Gasteiger partial charge in [0.25, 0.3) is 0 Å². The van der Waals surface area contributed by atoms with Crippen LogP contribution in [0.25, 0.3) is 0 Å². The Morgan fingerprint density at radius 2 is 1.60 bits per heavy atom. The number of ketones is 2. The van der Waals surface area contributed by atoms with Crippen molar-refractivity contribution < 1.29 is 9.59 Å². The Morgan fingerprint density at radius 1 is 1.07 bits per heavy atom. The van der Waals surface area contributed by atoms with E-state index in [9.17, 15) is 9.59 Å². The summed E-state index contributed by atoms with van der Waals surface area (Å²) in [6, 6.07) is 0. The summed E-state index contributed by atoms with van der Waals surface area (Å²) in [5, 5.41) is 0. The van der Waals surface area contributed by atoms with Gasteiger partial charge in [-0.1, -0.05) is 25.0 Å². The highest BCUT2D eigenvalue weighted by Gasteiger charge is 2.05. The topological polar surface area (TPSA) is 34.1 Å². The van der Waals surface area contributed by atoms with Gasteiger partial charge in [0.15, 0.2) is 11.6 Å². The Morgan fingerprint density at radius 3 is 2.00 bits per heavy atom. The van der Waals surface area contributed by atoms with E-state index in [1.165, 1.54) is 0 Å². The van der Waals surface area contributed by atoms with E-state index >= 15 is 0 Å². The summed E-state index contributed by atoms with van der Waals surface area (Å²) < 4.78 is 0. The van der Waals surface area contributed by atoms with Gasteiger partial charge in [-0.05, 0) is 32.9 Å². The maximum atomic E-state index is 11.4. The molecule has 0 aliphatic rings. The molecule has 2 nitrogen and oxygen atoms in total. The maximum absolute atomic E-state index is 11.4. The Balaban J connectivity index is 4.37. The average Bonchev–Trinajstić information content (AvgIpc) is 2.00. The lowest BCUT2D eigenvalue weighted by Gasteiger charge is -2.01. The highest BCUT2D eigenvalue weighted by atomic mass is 16.1. The first-order valence-electron chi connectivity index (χ1n) is 5.21. The Kier molecular flexibility index (Phi) is 5.83. The Bertz CT molecular complexity index is 302. The van der Waals surface area contributed by atoms with Crippen LogP contribution in [0.5, 0.6) is 0 Å². The second kappa shape index (κ2) is 6.33. The Labute approximate surface area is 92.1 Å². The summed E-state index contributed by atoms with van der Waals surface area (Å²) in [6.07, 6.45) is 3.52. The second-order valence-electron chi connectivity index (χ2n) is 4.41. The molecule has 0 aromatic heterocycles. The second-order valence-corrected chi connectivity index (χ2v) is 4.41. The van der Waals surface area contributed by atoms with Gasteiger partial charge in [0, 0.05) is 12.3 Å². The first-order chi connectivity index (χ1) is 6.82. The summed E-state index contributed by atoms with van der Waals surface area (Å²) in [5.41, 5.74) is 1.82. The molecule has 0 fully saturated rings. The van der Waals surface area contributed by atoms with Crippen molar-refractivity contribution in [3.8, 4) is 0 Å². The van der Waals surface area contributed by atoms with E-state index < -0.39 is 0 Å². The molecular formula is C13H20O2. The molecule has 0 heterocycles. The molecule has 0 aromatic rings. The predicted molar refractivity (Wildman–Crippen MR) is 62.7 cm³/mol. The van der Waals surface area contributed by atoms with Gasteiger partial charge in [-0.25, -0.2) is 0 Å². The molecule has 0 radical (unpaired) electrons. The molecule has 0 aliphatic carbocycles. The maximum Gasteiger partial charge on any atom is 0.159 e. The van der Waals surface area contributed by atoms with Gasteiger partial charge in [0.1, 0.15) is 0 Å². The zero-order chi connectivity index (χ0) is 12.0. The molecule has 0 bridgehead atoms. The molecule has 84 valence electrons. The minimum absolute atomic E-state index is 0.00138. The number of carbonyl (C=O) groups excluding carboxylic acids is 2. The summed E-state index contributed by atoms with van der Waals surface area (Å²) >= 11 is 0. The molecule has 0 saturated heterocycles. The normalized spacial score (nSPS) is 11.5. The Hall–Kier alpha value is -1.18. The van der Waals surface area contributed by atoms with Crippen LogP contribution in [0.3, 0.4) is 0 Å². The van der Waals surface area contributed by atoms with Crippen LogP contribution >= 0.6 is 0 Å². The van der Waals surface area contributed by atoms with Crippen molar-refractivity contribution in [2.24, 2.45) is 5.92 Å². The van der Waals surface area contributed by atoms with E-state index in [-0.39, 0.29) is 17.5 Å². The van der Waals surface area contributed by atoms with Gasteiger partial charge in [-0.15, -0.1) is 0 Å². The van der Waals surface area contributed by atoms with Crippen LogP contribution in [-0.4, -0.2) is 11.6 Å². The number of carbonyl (C=O) groups is 2. The number of allylic oxidation sites excluding steroid dienone is 4. The smallest absolute Gasteiger partial charge is 0.159 e. The minimum atomic E-state index is -0.00138. The van der Waals surface area contributed by atoms with Crippen LogP contribution < -0.4 is 0 Å². The van der Waals surface area contributed by atoms with Crippen molar-refractivity contribution in [1.82, 2.24) is 0 Å². The highest BCUT2D eigenvalue weighted by molar-refractivity contribution is 5.95. The predicted octanol–water partition coefficient (Wildman–Crippen LogP) is 3.08. The minimum Gasteiger partial charge on any atom is -0.295 e. The van der Waals surface area contributed by atoms with Crippen LogP contribution in [0, 0.1) is 5.92 Å². The molecule has 0 rings (SSSR count). The van der Waals surface area contributed by atoms with Crippen LogP contribution in [0.15, 0.2) is 23.3 Å². The van der Waals surface area contributed by atoms with E-state index in [1.54, 1.807) is 12.2 Å². The highest BCUT2D eigenvalue weighted by Crippen LogP contribution is 2.06. The van der Waals surface area contributed by atoms with E-state index in [0.29, 0.717) is 6.42 Å².